The van der Waals surface area contributed by atoms with Crippen LogP contribution in [0.15, 0.2) is 18.2 Å². The highest BCUT2D eigenvalue weighted by molar-refractivity contribution is 5.45. The van der Waals surface area contributed by atoms with Crippen LogP contribution in [-0.2, 0) is 6.54 Å². The van der Waals surface area contributed by atoms with Gasteiger partial charge in [-0.1, -0.05) is 25.8 Å². The van der Waals surface area contributed by atoms with Gasteiger partial charge in [0.25, 0.3) is 0 Å². The van der Waals surface area contributed by atoms with Crippen LogP contribution in [0.4, 0.5) is 0 Å². The van der Waals surface area contributed by atoms with Crippen molar-refractivity contribution in [3.8, 4) is 11.8 Å². The lowest BCUT2D eigenvalue weighted by atomic mass is 9.97. The SMILES string of the molecule is CCCC1CCCCN1Cc1ccc(OC)c(C#N)c1. The first-order chi connectivity index (χ1) is 9.78. The van der Waals surface area contributed by atoms with Crippen molar-refractivity contribution in [2.24, 2.45) is 0 Å². The number of nitrogens with zero attached hydrogens (tertiary/aromatic N) is 2. The first kappa shape index (κ1) is 14.9. The lowest BCUT2D eigenvalue weighted by Gasteiger charge is -2.35. The summed E-state index contributed by atoms with van der Waals surface area (Å²) >= 11 is 0. The van der Waals surface area contributed by atoms with Gasteiger partial charge in [0.1, 0.15) is 11.8 Å². The van der Waals surface area contributed by atoms with E-state index >= 15 is 0 Å². The minimum Gasteiger partial charge on any atom is -0.495 e. The Bertz CT molecular complexity index is 476. The zero-order chi connectivity index (χ0) is 14.4. The molecule has 0 amide bonds. The van der Waals surface area contributed by atoms with E-state index in [0.29, 0.717) is 17.4 Å². The van der Waals surface area contributed by atoms with Gasteiger partial charge in [-0.25, -0.2) is 0 Å². The molecule has 1 aromatic carbocycles. The molecule has 0 radical (unpaired) electrons. The monoisotopic (exact) mass is 272 g/mol. The molecule has 0 N–H and O–H groups in total. The van der Waals surface area contributed by atoms with Crippen molar-refractivity contribution in [2.45, 2.75) is 51.6 Å². The minimum atomic E-state index is 0.633. The van der Waals surface area contributed by atoms with E-state index in [1.165, 1.54) is 44.2 Å². The first-order valence-corrected chi connectivity index (χ1v) is 7.59. The summed E-state index contributed by atoms with van der Waals surface area (Å²) in [7, 11) is 1.61. The Balaban J connectivity index is 2.10. The van der Waals surface area contributed by atoms with Crippen LogP contribution < -0.4 is 4.74 Å². The minimum absolute atomic E-state index is 0.633. The highest BCUT2D eigenvalue weighted by Gasteiger charge is 2.21. The number of hydrogen-bond donors (Lipinski definition) is 0. The van der Waals surface area contributed by atoms with Crippen LogP contribution in [0.3, 0.4) is 0 Å². The van der Waals surface area contributed by atoms with E-state index in [-0.39, 0.29) is 0 Å². The van der Waals surface area contributed by atoms with Gasteiger partial charge in [-0.2, -0.15) is 5.26 Å². The van der Waals surface area contributed by atoms with Crippen LogP contribution in [0.25, 0.3) is 0 Å². The number of piperidine rings is 1. The van der Waals surface area contributed by atoms with Gasteiger partial charge in [0.15, 0.2) is 0 Å². The maximum atomic E-state index is 9.17. The molecular formula is C17H24N2O. The second-order valence-electron chi connectivity index (χ2n) is 5.56. The summed E-state index contributed by atoms with van der Waals surface area (Å²) in [6, 6.07) is 8.89. The van der Waals surface area contributed by atoms with Crippen LogP contribution in [0, 0.1) is 11.3 Å². The van der Waals surface area contributed by atoms with Crippen LogP contribution in [0.2, 0.25) is 0 Å². The van der Waals surface area contributed by atoms with Gasteiger partial charge in [0.2, 0.25) is 0 Å². The standard InChI is InChI=1S/C17H24N2O/c1-3-6-16-7-4-5-10-19(16)13-14-8-9-17(20-2)15(11-14)12-18/h8-9,11,16H,3-7,10,13H2,1-2H3. The topological polar surface area (TPSA) is 36.3 Å². The smallest absolute Gasteiger partial charge is 0.136 e. The summed E-state index contributed by atoms with van der Waals surface area (Å²) < 4.78 is 5.20. The lowest BCUT2D eigenvalue weighted by Crippen LogP contribution is -2.38. The molecule has 1 unspecified atom stereocenters. The molecule has 1 aromatic rings. The first-order valence-electron chi connectivity index (χ1n) is 7.59. The van der Waals surface area contributed by atoms with Crippen molar-refractivity contribution in [3.63, 3.8) is 0 Å². The summed E-state index contributed by atoms with van der Waals surface area (Å²) in [5, 5.41) is 9.17. The summed E-state index contributed by atoms with van der Waals surface area (Å²) in [5.74, 6) is 0.667. The van der Waals surface area contributed by atoms with E-state index in [0.717, 1.165) is 6.54 Å². The lowest BCUT2D eigenvalue weighted by molar-refractivity contribution is 0.131. The molecule has 1 heterocycles. The molecule has 1 fully saturated rings. The molecule has 0 aromatic heterocycles. The normalized spacial score (nSPS) is 19.6. The molecule has 0 spiro atoms. The van der Waals surface area contributed by atoms with E-state index in [1.807, 2.05) is 12.1 Å². The van der Waals surface area contributed by atoms with Gasteiger partial charge in [-0.15, -0.1) is 0 Å². The third-order valence-electron chi connectivity index (χ3n) is 4.14. The summed E-state index contributed by atoms with van der Waals surface area (Å²) in [4.78, 5) is 2.58. The van der Waals surface area contributed by atoms with Gasteiger partial charge < -0.3 is 4.74 Å². The van der Waals surface area contributed by atoms with Crippen molar-refractivity contribution in [1.29, 1.82) is 5.26 Å². The Hall–Kier alpha value is -1.53. The van der Waals surface area contributed by atoms with Crippen molar-refractivity contribution >= 4 is 0 Å². The second-order valence-corrected chi connectivity index (χ2v) is 5.56. The molecule has 1 aliphatic heterocycles. The number of benzene rings is 1. The summed E-state index contributed by atoms with van der Waals surface area (Å²) in [6.07, 6.45) is 6.48. The second kappa shape index (κ2) is 7.31. The molecule has 0 bridgehead atoms. The quantitative estimate of drug-likeness (QED) is 0.819. The van der Waals surface area contributed by atoms with Crippen LogP contribution in [0.1, 0.15) is 50.2 Å². The molecule has 0 aliphatic carbocycles. The fraction of sp³-hybridized carbons (Fsp3) is 0.588. The Labute approximate surface area is 122 Å². The average molecular weight is 272 g/mol. The molecule has 1 saturated heterocycles. The van der Waals surface area contributed by atoms with E-state index in [1.54, 1.807) is 7.11 Å². The highest BCUT2D eigenvalue weighted by Crippen LogP contribution is 2.25. The maximum Gasteiger partial charge on any atom is 0.136 e. The van der Waals surface area contributed by atoms with E-state index in [4.69, 9.17) is 4.74 Å². The predicted octanol–water partition coefficient (Wildman–Crippen LogP) is 3.72. The number of methoxy groups -OCH3 is 1. The van der Waals surface area contributed by atoms with Crippen molar-refractivity contribution < 1.29 is 4.74 Å². The van der Waals surface area contributed by atoms with Gasteiger partial charge in [-0.3, -0.25) is 4.90 Å². The number of rotatable bonds is 5. The zero-order valence-corrected chi connectivity index (χ0v) is 12.6. The highest BCUT2D eigenvalue weighted by atomic mass is 16.5. The van der Waals surface area contributed by atoms with Gasteiger partial charge in [-0.05, 0) is 43.5 Å². The molecule has 3 heteroatoms. The van der Waals surface area contributed by atoms with Crippen molar-refractivity contribution in [3.05, 3.63) is 29.3 Å². The van der Waals surface area contributed by atoms with Crippen LogP contribution in [-0.4, -0.2) is 24.6 Å². The number of nitriles is 1. The summed E-state index contributed by atoms with van der Waals surface area (Å²) in [5.41, 5.74) is 1.85. The maximum absolute atomic E-state index is 9.17. The van der Waals surface area contributed by atoms with Gasteiger partial charge >= 0.3 is 0 Å². The number of hydrogen-bond acceptors (Lipinski definition) is 3. The fourth-order valence-corrected chi connectivity index (χ4v) is 3.10. The Kier molecular flexibility index (Phi) is 5.43. The molecule has 2 rings (SSSR count). The number of ether oxygens (including phenoxy) is 1. The zero-order valence-electron chi connectivity index (χ0n) is 12.6. The number of likely N-dealkylation sites (tertiary alicyclic amines) is 1. The molecule has 20 heavy (non-hydrogen) atoms. The molecule has 0 saturated carbocycles. The van der Waals surface area contributed by atoms with E-state index in [2.05, 4.69) is 24.0 Å². The van der Waals surface area contributed by atoms with Crippen molar-refractivity contribution in [2.75, 3.05) is 13.7 Å². The van der Waals surface area contributed by atoms with Gasteiger partial charge in [0, 0.05) is 12.6 Å². The largest absolute Gasteiger partial charge is 0.495 e. The molecule has 1 aliphatic rings. The Morgan fingerprint density at radius 1 is 1.40 bits per heavy atom. The van der Waals surface area contributed by atoms with Crippen LogP contribution >= 0.6 is 0 Å². The molecule has 1 atom stereocenters. The summed E-state index contributed by atoms with van der Waals surface area (Å²) in [6.45, 7) is 4.38. The molecule has 108 valence electrons. The van der Waals surface area contributed by atoms with Gasteiger partial charge in [0.05, 0.1) is 12.7 Å². The van der Waals surface area contributed by atoms with Crippen LogP contribution in [0.5, 0.6) is 5.75 Å². The molecular weight excluding hydrogens is 248 g/mol. The fourth-order valence-electron chi connectivity index (χ4n) is 3.10. The van der Waals surface area contributed by atoms with E-state index in [9.17, 15) is 5.26 Å². The molecule has 3 nitrogen and oxygen atoms in total. The average Bonchev–Trinajstić information content (AvgIpc) is 2.49. The third kappa shape index (κ3) is 3.52. The third-order valence-corrected chi connectivity index (χ3v) is 4.14. The van der Waals surface area contributed by atoms with Crippen molar-refractivity contribution in [1.82, 2.24) is 4.90 Å². The van der Waals surface area contributed by atoms with E-state index < -0.39 is 0 Å². The Morgan fingerprint density at radius 2 is 2.25 bits per heavy atom. The predicted molar refractivity (Wildman–Crippen MR) is 80.7 cm³/mol. The Morgan fingerprint density at radius 3 is 2.95 bits per heavy atom.